The largest absolute Gasteiger partial charge is 0.370 e. The van der Waals surface area contributed by atoms with Crippen LogP contribution in [0.4, 0.5) is 0 Å². The summed E-state index contributed by atoms with van der Waals surface area (Å²) in [6, 6.07) is 0. The van der Waals surface area contributed by atoms with Crippen molar-refractivity contribution in [2.75, 3.05) is 6.54 Å². The zero-order valence-electron chi connectivity index (χ0n) is 10.1. The second-order valence-electron chi connectivity index (χ2n) is 4.40. The fourth-order valence-electron chi connectivity index (χ4n) is 1.71. The number of rotatable bonds is 4. The summed E-state index contributed by atoms with van der Waals surface area (Å²) < 4.78 is 0. The second kappa shape index (κ2) is 6.83. The van der Waals surface area contributed by atoms with E-state index in [0.717, 1.165) is 23.7 Å². The number of halogens is 1. The fourth-order valence-corrected chi connectivity index (χ4v) is 1.71. The molecule has 0 aliphatic heterocycles. The third kappa shape index (κ3) is 4.18. The molecule has 17 heavy (non-hydrogen) atoms. The van der Waals surface area contributed by atoms with Crippen molar-refractivity contribution in [3.05, 3.63) is 17.5 Å². The second-order valence-corrected chi connectivity index (χ2v) is 4.40. The zero-order chi connectivity index (χ0) is 11.4. The van der Waals surface area contributed by atoms with Crippen molar-refractivity contribution < 1.29 is 0 Å². The van der Waals surface area contributed by atoms with Crippen LogP contribution in [0.2, 0.25) is 0 Å². The van der Waals surface area contributed by atoms with Gasteiger partial charge in [-0.1, -0.05) is 6.42 Å². The van der Waals surface area contributed by atoms with Gasteiger partial charge in [0.15, 0.2) is 5.96 Å². The molecule has 1 fully saturated rings. The van der Waals surface area contributed by atoms with E-state index in [0.29, 0.717) is 12.5 Å². The van der Waals surface area contributed by atoms with Gasteiger partial charge in [0.05, 0.1) is 12.7 Å². The number of nitrogens with one attached hydrogen (secondary N) is 2. The number of aromatic amines is 1. The molecule has 0 unspecified atom stereocenters. The Bertz CT molecular complexity index is 370. The lowest BCUT2D eigenvalue weighted by atomic mass is 9.85. The van der Waals surface area contributed by atoms with E-state index in [4.69, 9.17) is 5.73 Å². The summed E-state index contributed by atoms with van der Waals surface area (Å²) in [5, 5.41) is 9.98. The van der Waals surface area contributed by atoms with E-state index in [1.165, 1.54) is 19.3 Å². The highest BCUT2D eigenvalue weighted by Gasteiger charge is 2.16. The average molecular weight is 349 g/mol. The highest BCUT2D eigenvalue weighted by molar-refractivity contribution is 14.0. The zero-order valence-corrected chi connectivity index (χ0v) is 12.4. The van der Waals surface area contributed by atoms with E-state index >= 15 is 0 Å². The Hall–Kier alpha value is -0.790. The molecule has 1 aliphatic carbocycles. The predicted octanol–water partition coefficient (Wildman–Crippen LogP) is 1.54. The van der Waals surface area contributed by atoms with Crippen LogP contribution in [0.5, 0.6) is 0 Å². The molecule has 2 rings (SSSR count). The summed E-state index contributed by atoms with van der Waals surface area (Å²) in [7, 11) is 0. The molecule has 5 nitrogen and oxygen atoms in total. The van der Waals surface area contributed by atoms with E-state index in [1.807, 2.05) is 6.92 Å². The Labute approximate surface area is 119 Å². The molecule has 4 N–H and O–H groups in total. The fraction of sp³-hybridized carbons (Fsp3) is 0.636. The molecule has 1 aliphatic rings. The van der Waals surface area contributed by atoms with Crippen LogP contribution in [0.15, 0.2) is 11.2 Å². The first-order valence-corrected chi connectivity index (χ1v) is 5.78. The van der Waals surface area contributed by atoms with Gasteiger partial charge >= 0.3 is 0 Å². The van der Waals surface area contributed by atoms with Gasteiger partial charge in [0, 0.05) is 17.8 Å². The topological polar surface area (TPSA) is 79.1 Å². The molecule has 0 spiro atoms. The number of nitrogens with two attached hydrogens (primary N) is 1. The van der Waals surface area contributed by atoms with Crippen molar-refractivity contribution in [3.63, 3.8) is 0 Å². The Balaban J connectivity index is 0.00000144. The molecule has 1 aromatic rings. The molecule has 0 amide bonds. The highest BCUT2D eigenvalue weighted by Crippen LogP contribution is 2.24. The van der Waals surface area contributed by atoms with Gasteiger partial charge in [-0.3, -0.25) is 5.10 Å². The molecule has 96 valence electrons. The summed E-state index contributed by atoms with van der Waals surface area (Å²) in [5.41, 5.74) is 7.92. The van der Waals surface area contributed by atoms with Gasteiger partial charge in [-0.2, -0.15) is 5.10 Å². The minimum absolute atomic E-state index is 0. The van der Waals surface area contributed by atoms with Crippen molar-refractivity contribution in [3.8, 4) is 0 Å². The molecule has 0 saturated heterocycles. The quantitative estimate of drug-likeness (QED) is 0.438. The van der Waals surface area contributed by atoms with E-state index in [-0.39, 0.29) is 24.0 Å². The predicted molar refractivity (Wildman–Crippen MR) is 79.4 cm³/mol. The number of guanidine groups is 1. The van der Waals surface area contributed by atoms with E-state index in [2.05, 4.69) is 20.5 Å². The van der Waals surface area contributed by atoms with Gasteiger partial charge in [-0.25, -0.2) is 4.99 Å². The number of aryl methyl sites for hydroxylation is 1. The molecule has 1 saturated carbocycles. The van der Waals surface area contributed by atoms with Crippen molar-refractivity contribution in [2.24, 2.45) is 16.6 Å². The lowest BCUT2D eigenvalue weighted by Crippen LogP contribution is -2.37. The molecular weight excluding hydrogens is 329 g/mol. The van der Waals surface area contributed by atoms with Gasteiger partial charge < -0.3 is 11.1 Å². The normalized spacial score (nSPS) is 16.2. The van der Waals surface area contributed by atoms with Gasteiger partial charge in [0.1, 0.15) is 0 Å². The van der Waals surface area contributed by atoms with Crippen LogP contribution in [0.3, 0.4) is 0 Å². The number of aliphatic imine (C=N–C) groups is 1. The molecule has 0 radical (unpaired) electrons. The first kappa shape index (κ1) is 14.3. The molecule has 0 atom stereocenters. The number of hydrogen-bond acceptors (Lipinski definition) is 2. The van der Waals surface area contributed by atoms with Crippen LogP contribution in [-0.4, -0.2) is 22.7 Å². The van der Waals surface area contributed by atoms with E-state index in [1.54, 1.807) is 6.20 Å². The standard InChI is InChI=1S/C11H19N5.HI/c1-8-10(7-15-16-8)6-14-11(12)13-5-9-3-2-4-9;/h7,9H,2-6H2,1H3,(H,15,16)(H3,12,13,14);1H. The van der Waals surface area contributed by atoms with Crippen LogP contribution in [-0.2, 0) is 6.54 Å². The van der Waals surface area contributed by atoms with E-state index in [9.17, 15) is 0 Å². The molecule has 0 bridgehead atoms. The smallest absolute Gasteiger partial charge is 0.188 e. The Morgan fingerprint density at radius 3 is 2.94 bits per heavy atom. The van der Waals surface area contributed by atoms with E-state index < -0.39 is 0 Å². The molecule has 0 aromatic carbocycles. The molecular formula is C11H20IN5. The monoisotopic (exact) mass is 349 g/mol. The maximum atomic E-state index is 5.78. The third-order valence-electron chi connectivity index (χ3n) is 3.15. The summed E-state index contributed by atoms with van der Waals surface area (Å²) in [6.07, 6.45) is 5.79. The molecule has 1 aromatic heterocycles. The summed E-state index contributed by atoms with van der Waals surface area (Å²) in [5.74, 6) is 1.33. The van der Waals surface area contributed by atoms with Gasteiger partial charge in [-0.05, 0) is 25.7 Å². The van der Waals surface area contributed by atoms with Crippen LogP contribution in [0, 0.1) is 12.8 Å². The lowest BCUT2D eigenvalue weighted by Gasteiger charge is -2.25. The number of aromatic nitrogens is 2. The van der Waals surface area contributed by atoms with Crippen molar-refractivity contribution in [1.29, 1.82) is 0 Å². The van der Waals surface area contributed by atoms with Crippen LogP contribution in [0.25, 0.3) is 0 Å². The van der Waals surface area contributed by atoms with Crippen molar-refractivity contribution in [1.82, 2.24) is 15.5 Å². The van der Waals surface area contributed by atoms with Gasteiger partial charge in [0.2, 0.25) is 0 Å². The van der Waals surface area contributed by atoms with Crippen LogP contribution in [0.1, 0.15) is 30.5 Å². The number of nitrogens with zero attached hydrogens (tertiary/aromatic N) is 2. The SMILES string of the molecule is Cc1[nH]ncc1CN=C(N)NCC1CCC1.I. The third-order valence-corrected chi connectivity index (χ3v) is 3.15. The summed E-state index contributed by atoms with van der Waals surface area (Å²) in [4.78, 5) is 4.28. The molecule has 1 heterocycles. The molecule has 6 heteroatoms. The van der Waals surface area contributed by atoms with Crippen LogP contribution < -0.4 is 11.1 Å². The van der Waals surface area contributed by atoms with Gasteiger partial charge in [0.25, 0.3) is 0 Å². The summed E-state index contributed by atoms with van der Waals surface area (Å²) in [6.45, 7) is 3.53. The first-order chi connectivity index (χ1) is 7.75. The Kier molecular flexibility index (Phi) is 5.73. The lowest BCUT2D eigenvalue weighted by molar-refractivity contribution is 0.315. The van der Waals surface area contributed by atoms with Gasteiger partial charge in [-0.15, -0.1) is 24.0 Å². The number of H-pyrrole nitrogens is 1. The number of hydrogen-bond donors (Lipinski definition) is 3. The Morgan fingerprint density at radius 2 is 2.41 bits per heavy atom. The minimum Gasteiger partial charge on any atom is -0.370 e. The Morgan fingerprint density at radius 1 is 1.65 bits per heavy atom. The highest BCUT2D eigenvalue weighted by atomic mass is 127. The van der Waals surface area contributed by atoms with Crippen molar-refractivity contribution >= 4 is 29.9 Å². The maximum absolute atomic E-state index is 5.78. The van der Waals surface area contributed by atoms with Crippen molar-refractivity contribution in [2.45, 2.75) is 32.7 Å². The maximum Gasteiger partial charge on any atom is 0.188 e. The summed E-state index contributed by atoms with van der Waals surface area (Å²) >= 11 is 0. The average Bonchev–Trinajstić information content (AvgIpc) is 2.59. The first-order valence-electron chi connectivity index (χ1n) is 5.78. The van der Waals surface area contributed by atoms with Crippen LogP contribution >= 0.6 is 24.0 Å². The minimum atomic E-state index is 0.